The van der Waals surface area contributed by atoms with Crippen molar-refractivity contribution >= 4 is 23.0 Å². The molecule has 0 heterocycles. The van der Waals surface area contributed by atoms with Gasteiger partial charge in [-0.3, -0.25) is 0 Å². The Labute approximate surface area is 109 Å². The number of anilines is 1. The predicted molar refractivity (Wildman–Crippen MR) is 76.7 cm³/mol. The highest BCUT2D eigenvalue weighted by Crippen LogP contribution is 2.14. The third-order valence-corrected chi connectivity index (χ3v) is 2.66. The third kappa shape index (κ3) is 5.54. The lowest BCUT2D eigenvalue weighted by molar-refractivity contribution is 0.415. The molecular formula is C13H20N2OS. The molecule has 0 aliphatic carbocycles. The van der Waals surface area contributed by atoms with Crippen molar-refractivity contribution in [3.8, 4) is 5.75 Å². The van der Waals surface area contributed by atoms with E-state index in [1.54, 1.807) is 7.11 Å². The molecule has 0 saturated heterocycles. The van der Waals surface area contributed by atoms with Gasteiger partial charge < -0.3 is 15.4 Å². The lowest BCUT2D eigenvalue weighted by atomic mass is 10.2. The maximum atomic E-state index is 5.19. The van der Waals surface area contributed by atoms with Gasteiger partial charge in [0, 0.05) is 12.2 Å². The molecule has 0 atom stereocenters. The summed E-state index contributed by atoms with van der Waals surface area (Å²) in [5.74, 6) is 0.845. The van der Waals surface area contributed by atoms with Crippen LogP contribution in [0.15, 0.2) is 24.3 Å². The zero-order valence-corrected chi connectivity index (χ0v) is 11.3. The molecule has 0 bridgehead atoms. The van der Waals surface area contributed by atoms with Crippen molar-refractivity contribution in [2.45, 2.75) is 26.2 Å². The average Bonchev–Trinajstić information content (AvgIpc) is 2.36. The minimum absolute atomic E-state index is 0.672. The van der Waals surface area contributed by atoms with Gasteiger partial charge in [-0.25, -0.2) is 0 Å². The van der Waals surface area contributed by atoms with E-state index in [4.69, 9.17) is 17.0 Å². The number of unbranched alkanes of at least 4 members (excludes halogenated alkanes) is 2. The van der Waals surface area contributed by atoms with Gasteiger partial charge >= 0.3 is 0 Å². The van der Waals surface area contributed by atoms with E-state index in [2.05, 4.69) is 17.6 Å². The van der Waals surface area contributed by atoms with Crippen molar-refractivity contribution in [3.05, 3.63) is 24.3 Å². The quantitative estimate of drug-likeness (QED) is 0.602. The number of rotatable bonds is 6. The molecule has 0 spiro atoms. The molecule has 0 aliphatic heterocycles. The second kappa shape index (κ2) is 7.90. The second-order valence-corrected chi connectivity index (χ2v) is 4.22. The van der Waals surface area contributed by atoms with Crippen LogP contribution in [0.25, 0.3) is 0 Å². The van der Waals surface area contributed by atoms with Crippen LogP contribution in [0.3, 0.4) is 0 Å². The van der Waals surface area contributed by atoms with Crippen LogP contribution in [-0.2, 0) is 0 Å². The van der Waals surface area contributed by atoms with Gasteiger partial charge in [-0.05, 0) is 42.9 Å². The first-order valence-electron chi connectivity index (χ1n) is 5.95. The fourth-order valence-electron chi connectivity index (χ4n) is 1.43. The van der Waals surface area contributed by atoms with Crippen LogP contribution in [0.1, 0.15) is 26.2 Å². The van der Waals surface area contributed by atoms with Gasteiger partial charge in [-0.1, -0.05) is 19.8 Å². The van der Waals surface area contributed by atoms with E-state index in [-0.39, 0.29) is 0 Å². The fraction of sp³-hybridized carbons (Fsp3) is 0.462. The lowest BCUT2D eigenvalue weighted by Crippen LogP contribution is -2.29. The molecule has 0 radical (unpaired) electrons. The lowest BCUT2D eigenvalue weighted by Gasteiger charge is -2.10. The van der Waals surface area contributed by atoms with Crippen molar-refractivity contribution < 1.29 is 4.74 Å². The Hall–Kier alpha value is -1.29. The number of nitrogens with one attached hydrogen (secondary N) is 2. The number of hydrogen-bond acceptors (Lipinski definition) is 2. The smallest absolute Gasteiger partial charge is 0.170 e. The summed E-state index contributed by atoms with van der Waals surface area (Å²) in [6.07, 6.45) is 3.61. The van der Waals surface area contributed by atoms with E-state index in [1.807, 2.05) is 24.3 Å². The van der Waals surface area contributed by atoms with Crippen LogP contribution >= 0.6 is 12.2 Å². The molecule has 1 aromatic rings. The van der Waals surface area contributed by atoms with Crippen molar-refractivity contribution in [2.75, 3.05) is 19.0 Å². The normalized spacial score (nSPS) is 9.76. The highest BCUT2D eigenvalue weighted by atomic mass is 32.1. The summed E-state index contributed by atoms with van der Waals surface area (Å²) in [6.45, 7) is 3.11. The summed E-state index contributed by atoms with van der Waals surface area (Å²) >= 11 is 5.19. The first kappa shape index (κ1) is 13.8. The van der Waals surface area contributed by atoms with Gasteiger partial charge in [0.2, 0.25) is 0 Å². The van der Waals surface area contributed by atoms with Crippen LogP contribution in [0.5, 0.6) is 5.75 Å². The van der Waals surface area contributed by atoms with E-state index in [0.717, 1.165) is 24.4 Å². The van der Waals surface area contributed by atoms with Gasteiger partial charge in [0.25, 0.3) is 0 Å². The standard InChI is InChI=1S/C13H20N2OS/c1-3-4-5-10-14-13(17)15-11-6-8-12(16-2)9-7-11/h6-9H,3-5,10H2,1-2H3,(H2,14,15,17). The van der Waals surface area contributed by atoms with Gasteiger partial charge in [-0.15, -0.1) is 0 Å². The van der Waals surface area contributed by atoms with E-state index in [1.165, 1.54) is 12.8 Å². The molecule has 0 saturated carbocycles. The molecule has 17 heavy (non-hydrogen) atoms. The number of thiocarbonyl (C=S) groups is 1. The zero-order chi connectivity index (χ0) is 12.5. The molecule has 0 fully saturated rings. The molecule has 0 unspecified atom stereocenters. The molecule has 4 heteroatoms. The SMILES string of the molecule is CCCCCNC(=S)Nc1ccc(OC)cc1. The minimum atomic E-state index is 0.672. The highest BCUT2D eigenvalue weighted by Gasteiger charge is 1.97. The summed E-state index contributed by atoms with van der Waals surface area (Å²) in [5.41, 5.74) is 0.971. The molecule has 0 aromatic heterocycles. The molecular weight excluding hydrogens is 232 g/mol. The average molecular weight is 252 g/mol. The largest absolute Gasteiger partial charge is 0.497 e. The summed E-state index contributed by atoms with van der Waals surface area (Å²) in [7, 11) is 1.66. The van der Waals surface area contributed by atoms with Gasteiger partial charge in [0.1, 0.15) is 5.75 Å². The molecule has 0 aliphatic rings. The zero-order valence-electron chi connectivity index (χ0n) is 10.5. The predicted octanol–water partition coefficient (Wildman–Crippen LogP) is 3.17. The summed E-state index contributed by atoms with van der Waals surface area (Å²) in [5, 5.41) is 6.99. The van der Waals surface area contributed by atoms with Crippen molar-refractivity contribution in [1.29, 1.82) is 0 Å². The number of methoxy groups -OCH3 is 1. The van der Waals surface area contributed by atoms with Crippen molar-refractivity contribution in [3.63, 3.8) is 0 Å². The Bertz CT molecular complexity index is 338. The van der Waals surface area contributed by atoms with E-state index in [0.29, 0.717) is 5.11 Å². The minimum Gasteiger partial charge on any atom is -0.497 e. The summed E-state index contributed by atoms with van der Waals surface area (Å²) in [6, 6.07) is 7.70. The number of hydrogen-bond donors (Lipinski definition) is 2. The van der Waals surface area contributed by atoms with Crippen LogP contribution in [0.4, 0.5) is 5.69 Å². The Morgan fingerprint density at radius 3 is 2.53 bits per heavy atom. The third-order valence-electron chi connectivity index (χ3n) is 2.41. The topological polar surface area (TPSA) is 33.3 Å². The van der Waals surface area contributed by atoms with Gasteiger partial charge in [0.05, 0.1) is 7.11 Å². The monoisotopic (exact) mass is 252 g/mol. The molecule has 94 valence electrons. The fourth-order valence-corrected chi connectivity index (χ4v) is 1.65. The molecule has 0 amide bonds. The van der Waals surface area contributed by atoms with Crippen LogP contribution in [0.2, 0.25) is 0 Å². The molecule has 1 aromatic carbocycles. The van der Waals surface area contributed by atoms with E-state index < -0.39 is 0 Å². The molecule has 2 N–H and O–H groups in total. The van der Waals surface area contributed by atoms with Gasteiger partial charge in [0.15, 0.2) is 5.11 Å². The number of benzene rings is 1. The van der Waals surface area contributed by atoms with E-state index in [9.17, 15) is 0 Å². The first-order valence-corrected chi connectivity index (χ1v) is 6.36. The Kier molecular flexibility index (Phi) is 6.40. The Morgan fingerprint density at radius 2 is 1.94 bits per heavy atom. The van der Waals surface area contributed by atoms with Crippen molar-refractivity contribution in [2.24, 2.45) is 0 Å². The van der Waals surface area contributed by atoms with Crippen molar-refractivity contribution in [1.82, 2.24) is 5.32 Å². The van der Waals surface area contributed by atoms with E-state index >= 15 is 0 Å². The Morgan fingerprint density at radius 1 is 1.24 bits per heavy atom. The van der Waals surface area contributed by atoms with Gasteiger partial charge in [-0.2, -0.15) is 0 Å². The highest BCUT2D eigenvalue weighted by molar-refractivity contribution is 7.80. The van der Waals surface area contributed by atoms with Crippen LogP contribution < -0.4 is 15.4 Å². The number of ether oxygens (including phenoxy) is 1. The molecule has 3 nitrogen and oxygen atoms in total. The maximum absolute atomic E-state index is 5.19. The summed E-state index contributed by atoms with van der Waals surface area (Å²) in [4.78, 5) is 0. The first-order chi connectivity index (χ1) is 8.26. The Balaban J connectivity index is 2.29. The molecule has 1 rings (SSSR count). The van der Waals surface area contributed by atoms with Crippen LogP contribution in [-0.4, -0.2) is 18.8 Å². The second-order valence-electron chi connectivity index (χ2n) is 3.82. The summed E-state index contributed by atoms with van der Waals surface area (Å²) < 4.78 is 5.09. The maximum Gasteiger partial charge on any atom is 0.170 e. The van der Waals surface area contributed by atoms with Crippen LogP contribution in [0, 0.1) is 0 Å².